The van der Waals surface area contributed by atoms with Crippen LogP contribution < -0.4 is 0 Å². The number of carbonyl (C=O) groups is 2. The highest BCUT2D eigenvalue weighted by Crippen LogP contribution is 2.59. The lowest BCUT2D eigenvalue weighted by Crippen LogP contribution is -2.28. The summed E-state index contributed by atoms with van der Waals surface area (Å²) in [5.41, 5.74) is 9.12. The van der Waals surface area contributed by atoms with Crippen molar-refractivity contribution in [2.45, 2.75) is 51.4 Å². The first-order valence-electron chi connectivity index (χ1n) is 14.0. The summed E-state index contributed by atoms with van der Waals surface area (Å²) in [6.45, 7) is 4.37. The van der Waals surface area contributed by atoms with Crippen molar-refractivity contribution in [3.8, 4) is 20.9 Å². The van der Waals surface area contributed by atoms with Crippen LogP contribution in [0.5, 0.6) is 0 Å². The van der Waals surface area contributed by atoms with Gasteiger partial charge in [-0.2, -0.15) is 0 Å². The highest BCUT2D eigenvalue weighted by molar-refractivity contribution is 7.17. The zero-order valence-corrected chi connectivity index (χ0v) is 24.5. The van der Waals surface area contributed by atoms with E-state index in [4.69, 9.17) is 0 Å². The van der Waals surface area contributed by atoms with Gasteiger partial charge in [-0.1, -0.05) is 92.4 Å². The van der Waals surface area contributed by atoms with Gasteiger partial charge < -0.3 is 0 Å². The number of thiophene rings is 2. The third-order valence-electron chi connectivity index (χ3n) is 8.16. The summed E-state index contributed by atoms with van der Waals surface area (Å²) >= 11 is 3.09. The zero-order valence-electron chi connectivity index (χ0n) is 22.9. The Bertz CT molecular complexity index is 1670. The number of rotatable bonds is 10. The van der Waals surface area contributed by atoms with E-state index in [2.05, 4.69) is 86.6 Å². The molecule has 2 aromatic heterocycles. The van der Waals surface area contributed by atoms with Crippen LogP contribution in [0.25, 0.3) is 20.9 Å². The lowest BCUT2D eigenvalue weighted by Gasteiger charge is -2.34. The van der Waals surface area contributed by atoms with Gasteiger partial charge in [0.25, 0.3) is 0 Å². The Kier molecular flexibility index (Phi) is 7.39. The van der Waals surface area contributed by atoms with Crippen molar-refractivity contribution in [3.05, 3.63) is 128 Å². The van der Waals surface area contributed by atoms with Crippen molar-refractivity contribution in [2.24, 2.45) is 0 Å². The van der Waals surface area contributed by atoms with Crippen LogP contribution in [0.3, 0.4) is 0 Å². The fourth-order valence-corrected chi connectivity index (χ4v) is 8.03. The van der Waals surface area contributed by atoms with E-state index in [-0.39, 0.29) is 0 Å². The highest BCUT2D eigenvalue weighted by atomic mass is 32.1. The molecule has 1 aliphatic rings. The molecule has 1 atom stereocenters. The van der Waals surface area contributed by atoms with Crippen LogP contribution in [0.15, 0.2) is 84.9 Å². The Morgan fingerprint density at radius 2 is 1.43 bits per heavy atom. The van der Waals surface area contributed by atoms with Gasteiger partial charge in [0.1, 0.15) is 0 Å². The van der Waals surface area contributed by atoms with Crippen LogP contribution in [0.4, 0.5) is 0 Å². The van der Waals surface area contributed by atoms with E-state index in [1.165, 1.54) is 76.0 Å². The number of hydrogen-bond acceptors (Lipinski definition) is 4. The van der Waals surface area contributed by atoms with Gasteiger partial charge in [-0.15, -0.1) is 22.7 Å². The minimum Gasteiger partial charge on any atom is -0.297 e. The standard InChI is InChI=1S/C36H32O2S2/c1-3-4-5-6-7-25-10-15-28(16-11-25)36(27-13-8-24(2)9-14-27)32-20-26(34-19-17-29(22-37)39-34)12-18-31(32)35-33(36)21-30(23-38)40-35/h8-23H,3-7H2,1-2H3/t36-/m0/s1. The van der Waals surface area contributed by atoms with Gasteiger partial charge in [-0.05, 0) is 83.0 Å². The fraction of sp³-hybridized carbons (Fsp3) is 0.222. The quantitative estimate of drug-likeness (QED) is 0.123. The van der Waals surface area contributed by atoms with E-state index < -0.39 is 5.41 Å². The molecule has 0 spiro atoms. The predicted molar refractivity (Wildman–Crippen MR) is 168 cm³/mol. The number of aldehydes is 2. The Morgan fingerprint density at radius 3 is 2.10 bits per heavy atom. The largest absolute Gasteiger partial charge is 0.297 e. The third-order valence-corrected chi connectivity index (χ3v) is 10.3. The van der Waals surface area contributed by atoms with E-state index in [1.807, 2.05) is 12.1 Å². The molecular weight excluding hydrogens is 529 g/mol. The first-order valence-corrected chi connectivity index (χ1v) is 15.7. The first kappa shape index (κ1) is 26.6. The molecule has 200 valence electrons. The number of hydrogen-bond donors (Lipinski definition) is 0. The van der Waals surface area contributed by atoms with Crippen LogP contribution in [-0.4, -0.2) is 12.6 Å². The monoisotopic (exact) mass is 560 g/mol. The summed E-state index contributed by atoms with van der Waals surface area (Å²) in [5, 5.41) is 0. The first-order chi connectivity index (χ1) is 19.6. The number of aryl methyl sites for hydroxylation is 2. The van der Waals surface area contributed by atoms with Gasteiger partial charge in [0.15, 0.2) is 12.6 Å². The molecule has 0 aliphatic heterocycles. The molecule has 3 aromatic carbocycles. The summed E-state index contributed by atoms with van der Waals surface area (Å²) < 4.78 is 0. The molecule has 0 radical (unpaired) electrons. The Hall–Kier alpha value is -3.60. The second-order valence-electron chi connectivity index (χ2n) is 10.7. The summed E-state index contributed by atoms with van der Waals surface area (Å²) in [4.78, 5) is 27.1. The topological polar surface area (TPSA) is 34.1 Å². The van der Waals surface area contributed by atoms with Gasteiger partial charge >= 0.3 is 0 Å². The Labute approximate surface area is 244 Å². The van der Waals surface area contributed by atoms with Crippen LogP contribution in [0, 0.1) is 6.92 Å². The molecule has 0 unspecified atom stereocenters. The molecule has 0 N–H and O–H groups in total. The van der Waals surface area contributed by atoms with E-state index >= 15 is 0 Å². The van der Waals surface area contributed by atoms with Gasteiger partial charge in [0.05, 0.1) is 15.2 Å². The number of fused-ring (bicyclic) bond motifs is 3. The molecule has 0 fully saturated rings. The van der Waals surface area contributed by atoms with Crippen LogP contribution in [-0.2, 0) is 11.8 Å². The molecule has 5 aromatic rings. The molecule has 0 saturated heterocycles. The van der Waals surface area contributed by atoms with Gasteiger partial charge in [-0.25, -0.2) is 0 Å². The minimum absolute atomic E-state index is 0.544. The van der Waals surface area contributed by atoms with E-state index in [1.54, 1.807) is 11.3 Å². The molecule has 0 amide bonds. The van der Waals surface area contributed by atoms with Crippen LogP contribution >= 0.6 is 22.7 Å². The third kappa shape index (κ3) is 4.49. The molecule has 0 bridgehead atoms. The van der Waals surface area contributed by atoms with Crippen LogP contribution in [0.2, 0.25) is 0 Å². The molecule has 40 heavy (non-hydrogen) atoms. The smallest absolute Gasteiger partial charge is 0.160 e. The number of unbranched alkanes of at least 4 members (excludes halogenated alkanes) is 3. The fourth-order valence-electron chi connectivity index (χ4n) is 6.14. The van der Waals surface area contributed by atoms with E-state index in [0.29, 0.717) is 0 Å². The van der Waals surface area contributed by atoms with Crippen molar-refractivity contribution in [2.75, 3.05) is 0 Å². The van der Waals surface area contributed by atoms with Gasteiger partial charge in [0, 0.05) is 9.75 Å². The van der Waals surface area contributed by atoms with Crippen LogP contribution in [0.1, 0.15) is 85.3 Å². The van der Waals surface area contributed by atoms with Crippen molar-refractivity contribution in [1.82, 2.24) is 0 Å². The molecule has 0 saturated carbocycles. The summed E-state index contributed by atoms with van der Waals surface area (Å²) in [7, 11) is 0. The van der Waals surface area contributed by atoms with Gasteiger partial charge in [0.2, 0.25) is 0 Å². The summed E-state index contributed by atoms with van der Waals surface area (Å²) in [6.07, 6.45) is 7.99. The maximum atomic E-state index is 12.0. The minimum atomic E-state index is -0.544. The normalized spacial score (nSPS) is 15.6. The molecule has 4 heteroatoms. The van der Waals surface area contributed by atoms with Crippen molar-refractivity contribution in [3.63, 3.8) is 0 Å². The lowest BCUT2D eigenvalue weighted by molar-refractivity contribution is 0.111. The SMILES string of the molecule is CCCCCCc1ccc([C@@]2(c3ccc(C)cc3)c3cc(-c4ccc(C=O)s4)ccc3-c3sc(C=O)cc32)cc1. The highest BCUT2D eigenvalue weighted by Gasteiger charge is 2.47. The number of benzene rings is 3. The second-order valence-corrected chi connectivity index (χ2v) is 12.9. The Morgan fingerprint density at radius 1 is 0.700 bits per heavy atom. The average molecular weight is 561 g/mol. The predicted octanol–water partition coefficient (Wildman–Crippen LogP) is 9.90. The molecular formula is C36H32O2S2. The molecule has 6 rings (SSSR count). The van der Waals surface area contributed by atoms with E-state index in [0.717, 1.165) is 44.1 Å². The van der Waals surface area contributed by atoms with Gasteiger partial charge in [-0.3, -0.25) is 9.59 Å². The second kappa shape index (κ2) is 11.1. The summed E-state index contributed by atoms with van der Waals surface area (Å²) in [5.74, 6) is 0. The lowest BCUT2D eigenvalue weighted by atomic mass is 9.67. The van der Waals surface area contributed by atoms with E-state index in [9.17, 15) is 9.59 Å². The van der Waals surface area contributed by atoms with Crippen molar-refractivity contribution < 1.29 is 9.59 Å². The molecule has 2 heterocycles. The molecule has 2 nitrogen and oxygen atoms in total. The van der Waals surface area contributed by atoms with Crippen molar-refractivity contribution >= 4 is 35.2 Å². The summed E-state index contributed by atoms with van der Waals surface area (Å²) in [6, 6.07) is 30.7. The Balaban J connectivity index is 1.57. The number of carbonyl (C=O) groups excluding carboxylic acids is 2. The average Bonchev–Trinajstić information content (AvgIpc) is 3.70. The molecule has 1 aliphatic carbocycles. The van der Waals surface area contributed by atoms with Crippen molar-refractivity contribution in [1.29, 1.82) is 0 Å². The maximum Gasteiger partial charge on any atom is 0.160 e. The zero-order chi connectivity index (χ0) is 27.7. The maximum absolute atomic E-state index is 12.0.